The summed E-state index contributed by atoms with van der Waals surface area (Å²) in [5.74, 6) is 8.18. The number of benzene rings is 3. The minimum atomic E-state index is -0.119. The van der Waals surface area contributed by atoms with Crippen molar-refractivity contribution in [2.75, 3.05) is 218 Å². The Balaban J connectivity index is 0.000000181. The number of hydrogen-bond acceptors (Lipinski definition) is 22. The molecule has 0 radical (unpaired) electrons. The molecule has 8 aliphatic rings. The first-order valence-electron chi connectivity index (χ1n) is 54.0. The number of ether oxygens (including phenoxy) is 6. The van der Waals surface area contributed by atoms with Gasteiger partial charge >= 0.3 is 0 Å². The summed E-state index contributed by atoms with van der Waals surface area (Å²) in [6.07, 6.45) is 20.1. The van der Waals surface area contributed by atoms with Crippen LogP contribution in [0.1, 0.15) is 358 Å². The Kier molecular flexibility index (Phi) is 50.2. The van der Waals surface area contributed by atoms with Crippen LogP contribution in [-0.4, -0.2) is 280 Å². The van der Waals surface area contributed by atoms with Crippen LogP contribution in [-0.2, 0) is 67.7 Å². The quantitative estimate of drug-likeness (QED) is 0.0470. The summed E-state index contributed by atoms with van der Waals surface area (Å²) in [6, 6.07) is 36.5. The molecule has 5 aromatic heterocycles. The van der Waals surface area contributed by atoms with Gasteiger partial charge in [-0.1, -0.05) is 184 Å². The Morgan fingerprint density at radius 2 is 0.577 bits per heavy atom. The Morgan fingerprint density at radius 3 is 0.915 bits per heavy atom. The standard InChI is InChI=1S/C17H27NO.C16H26N2O.C16H25NO.3C15H24N2O.2C13H20N2O/c1-13(2)15-5-6-17(14-7-9-19-10-8-14)16(11-15)12-18(3)4;1-13(2)14-5-6-16(15(11-14)12-17(3)4)18-7-9-19-10-8-18;1-12(2)13-5-6-16(14-7-8-18-11-14)15(9-13)10-17(3)4;3*1-11(2)13-7-14(9-17(3)4)15(16-8-13)12-5-6-18-10-12;1-10(2)13-4-3-11(9-14-13)15-7-5-12(16)6-8-15;1-10(2)11-3-4-13(14-9-11)15-7-5-12(16)6-8-15/h5-6,11,13-14H,7-10,12H2,1-4H3;5-6,11,13H,7-10,12H2,1-4H3;5-6,9,12,14H,7-8,10-11H2,1-4H3;3*7-8,11-12H,5-6,9-10H2,1-4H3;2*3-4,9-10,12,16H,5-8H2,1-2H3/t;;14-;12-;;;;/m..00..../s1. The molecule has 3 aromatic carbocycles. The van der Waals surface area contributed by atoms with Gasteiger partial charge in [0.1, 0.15) is 5.82 Å². The number of rotatable bonds is 28. The van der Waals surface area contributed by atoms with E-state index in [-0.39, 0.29) is 12.2 Å². The van der Waals surface area contributed by atoms with E-state index in [1.165, 1.54) is 126 Å². The summed E-state index contributed by atoms with van der Waals surface area (Å²) >= 11 is 0. The Hall–Kier alpha value is -7.75. The van der Waals surface area contributed by atoms with Crippen molar-refractivity contribution in [2.24, 2.45) is 0 Å². The maximum Gasteiger partial charge on any atom is 0.128 e. The summed E-state index contributed by atoms with van der Waals surface area (Å²) < 4.78 is 33.0. The third-order valence-corrected chi connectivity index (χ3v) is 28.2. The van der Waals surface area contributed by atoms with Gasteiger partial charge in [0.15, 0.2) is 0 Å². The molecule has 788 valence electrons. The topological polar surface area (TPSA) is 189 Å². The molecular weight excluding hydrogens is 1770 g/mol. The van der Waals surface area contributed by atoms with E-state index in [1.807, 2.05) is 31.0 Å². The molecule has 0 bridgehead atoms. The van der Waals surface area contributed by atoms with Gasteiger partial charge in [-0.3, -0.25) is 19.9 Å². The molecule has 2 N–H and O–H groups in total. The van der Waals surface area contributed by atoms with E-state index in [9.17, 15) is 10.2 Å². The summed E-state index contributed by atoms with van der Waals surface area (Å²) in [5, 5.41) is 18.9. The van der Waals surface area contributed by atoms with Crippen molar-refractivity contribution in [3.05, 3.63) is 234 Å². The fourth-order valence-corrected chi connectivity index (χ4v) is 19.4. The number of pyridine rings is 5. The Labute approximate surface area is 860 Å². The van der Waals surface area contributed by atoms with Crippen molar-refractivity contribution < 1.29 is 38.6 Å². The van der Waals surface area contributed by atoms with Crippen LogP contribution in [0.3, 0.4) is 0 Å². The lowest BCUT2D eigenvalue weighted by atomic mass is 9.86. The van der Waals surface area contributed by atoms with Crippen LogP contribution in [0, 0.1) is 0 Å². The molecule has 0 amide bonds. The second-order valence-electron chi connectivity index (χ2n) is 45.0. The molecule has 8 aromatic rings. The van der Waals surface area contributed by atoms with Crippen molar-refractivity contribution in [1.82, 2.24) is 54.3 Å². The molecule has 8 saturated heterocycles. The van der Waals surface area contributed by atoms with Crippen molar-refractivity contribution in [3.63, 3.8) is 0 Å². The van der Waals surface area contributed by atoms with Crippen molar-refractivity contribution in [3.8, 4) is 0 Å². The maximum atomic E-state index is 9.45. The number of piperidine rings is 2. The van der Waals surface area contributed by atoms with Crippen LogP contribution in [0.2, 0.25) is 0 Å². The van der Waals surface area contributed by atoms with E-state index in [0.29, 0.717) is 76.9 Å². The molecule has 16 rings (SSSR count). The van der Waals surface area contributed by atoms with Gasteiger partial charge in [-0.15, -0.1) is 0 Å². The first-order valence-corrected chi connectivity index (χ1v) is 54.0. The molecule has 0 aliphatic carbocycles. The highest BCUT2D eigenvalue weighted by Gasteiger charge is 2.30. The van der Waals surface area contributed by atoms with Gasteiger partial charge in [0, 0.05) is 178 Å². The fourth-order valence-electron chi connectivity index (χ4n) is 19.4. The van der Waals surface area contributed by atoms with Crippen LogP contribution in [0.5, 0.6) is 0 Å². The monoisotopic (exact) mass is 1960 g/mol. The Bertz CT molecular complexity index is 4410. The predicted octanol–water partition coefficient (Wildman–Crippen LogP) is 22.5. The van der Waals surface area contributed by atoms with Crippen molar-refractivity contribution in [1.29, 1.82) is 0 Å². The SMILES string of the molecule is CC(C)c1ccc(C2CCOCC2)c(CN(C)C)c1.CC(C)c1ccc(N2CCC(O)CC2)cn1.CC(C)c1ccc(N2CCC(O)CC2)nc1.CC(C)c1ccc(N2CCOCC2)c(CN(C)C)c1.CC(C)c1ccc([C@H]2CCOC2)c(CN(C)C)c1.CC(C)c1cnc(C2CCOC2)c(CN(C)C)c1.CC(C)c1cnc(C2CCOC2)c(CN(C)C)c1.CC(C)c1cnc([C@H]2CCOC2)c(CN(C)C)c1. The average molecular weight is 1960 g/mol. The van der Waals surface area contributed by atoms with Crippen molar-refractivity contribution >= 4 is 17.2 Å². The first-order chi connectivity index (χ1) is 67.8. The highest BCUT2D eigenvalue weighted by molar-refractivity contribution is 5.56. The van der Waals surface area contributed by atoms with Crippen LogP contribution in [0.15, 0.2) is 128 Å². The summed E-state index contributed by atoms with van der Waals surface area (Å²) in [6.45, 7) is 57.5. The van der Waals surface area contributed by atoms with Crippen LogP contribution in [0.25, 0.3) is 0 Å². The third kappa shape index (κ3) is 38.8. The molecule has 13 heterocycles. The smallest absolute Gasteiger partial charge is 0.128 e. The lowest BCUT2D eigenvalue weighted by Gasteiger charge is -2.31. The molecule has 0 spiro atoms. The van der Waals surface area contributed by atoms with Crippen LogP contribution < -0.4 is 14.7 Å². The second kappa shape index (κ2) is 60.5. The largest absolute Gasteiger partial charge is 0.393 e. The van der Waals surface area contributed by atoms with Gasteiger partial charge in [-0.25, -0.2) is 4.98 Å². The molecule has 22 nitrogen and oxygen atoms in total. The molecule has 0 saturated carbocycles. The van der Waals surface area contributed by atoms with E-state index in [4.69, 9.17) is 43.4 Å². The molecule has 8 aliphatic heterocycles. The normalized spacial score (nSPS) is 18.7. The fraction of sp³-hybridized carbons (Fsp3) is 0.642. The van der Waals surface area contributed by atoms with Crippen LogP contribution in [0.4, 0.5) is 17.2 Å². The first kappa shape index (κ1) is 118. The van der Waals surface area contributed by atoms with Gasteiger partial charge in [0.25, 0.3) is 0 Å². The zero-order valence-electron chi connectivity index (χ0n) is 93.4. The third-order valence-electron chi connectivity index (χ3n) is 28.2. The number of hydrogen-bond donors (Lipinski definition) is 2. The summed E-state index contributed by atoms with van der Waals surface area (Å²) in [7, 11) is 25.5. The van der Waals surface area contributed by atoms with E-state index >= 15 is 0 Å². The number of anilines is 3. The minimum Gasteiger partial charge on any atom is -0.393 e. The molecule has 142 heavy (non-hydrogen) atoms. The lowest BCUT2D eigenvalue weighted by molar-refractivity contribution is 0.0850. The van der Waals surface area contributed by atoms with E-state index in [1.54, 1.807) is 5.56 Å². The van der Waals surface area contributed by atoms with E-state index < -0.39 is 0 Å². The number of aliphatic hydroxyl groups is 2. The number of aromatic nitrogens is 5. The van der Waals surface area contributed by atoms with E-state index in [0.717, 1.165) is 214 Å². The van der Waals surface area contributed by atoms with Crippen LogP contribution >= 0.6 is 0 Å². The van der Waals surface area contributed by atoms with Gasteiger partial charge in [0.05, 0.1) is 80.8 Å². The molecule has 4 atom stereocenters. The van der Waals surface area contributed by atoms with Gasteiger partial charge < -0.3 is 82.7 Å². The number of morpholine rings is 1. The predicted molar refractivity (Wildman–Crippen MR) is 591 cm³/mol. The van der Waals surface area contributed by atoms with Gasteiger partial charge in [0.2, 0.25) is 0 Å². The summed E-state index contributed by atoms with van der Waals surface area (Å²) in [4.78, 5) is 43.5. The average Bonchev–Trinajstić information content (AvgIpc) is 1.70. The highest BCUT2D eigenvalue weighted by Crippen LogP contribution is 2.38. The molecular formula is C120H190N14O8. The summed E-state index contributed by atoms with van der Waals surface area (Å²) in [5.41, 5.74) is 28.5. The van der Waals surface area contributed by atoms with E-state index in [2.05, 4.69) is 346 Å². The Morgan fingerprint density at radius 1 is 0.268 bits per heavy atom. The maximum absolute atomic E-state index is 9.45. The minimum absolute atomic E-state index is 0.112. The highest BCUT2D eigenvalue weighted by atomic mass is 16.5. The lowest BCUT2D eigenvalue weighted by Crippen LogP contribution is -2.37. The molecule has 2 unspecified atom stereocenters. The molecule has 8 fully saturated rings. The zero-order chi connectivity index (χ0) is 103. The number of aliphatic hydroxyl groups excluding tert-OH is 2. The van der Waals surface area contributed by atoms with Gasteiger partial charge in [-0.2, -0.15) is 0 Å². The second-order valence-corrected chi connectivity index (χ2v) is 45.0. The van der Waals surface area contributed by atoms with Crippen molar-refractivity contribution in [2.45, 2.75) is 303 Å². The number of nitrogens with zero attached hydrogens (tertiary/aromatic N) is 14. The molecule has 22 heteroatoms. The van der Waals surface area contributed by atoms with Gasteiger partial charge in [-0.05, 0) is 310 Å². The zero-order valence-corrected chi connectivity index (χ0v) is 93.4.